The van der Waals surface area contributed by atoms with Gasteiger partial charge in [-0.15, -0.1) is 5.10 Å². The average Bonchev–Trinajstić information content (AvgIpc) is 3.20. The van der Waals surface area contributed by atoms with E-state index in [1.54, 1.807) is 18.7 Å². The van der Waals surface area contributed by atoms with Crippen LogP contribution in [0.1, 0.15) is 52.0 Å². The van der Waals surface area contributed by atoms with Crippen LogP contribution in [0.2, 0.25) is 0 Å². The van der Waals surface area contributed by atoms with Crippen molar-refractivity contribution in [2.75, 3.05) is 12.3 Å². The van der Waals surface area contributed by atoms with Crippen LogP contribution in [0.25, 0.3) is 0 Å². The van der Waals surface area contributed by atoms with Crippen LogP contribution in [0.3, 0.4) is 0 Å². The van der Waals surface area contributed by atoms with E-state index in [2.05, 4.69) is 20.8 Å². The van der Waals surface area contributed by atoms with E-state index in [0.717, 1.165) is 43.1 Å². The summed E-state index contributed by atoms with van der Waals surface area (Å²) in [6, 6.07) is 0.470. The highest BCUT2D eigenvalue weighted by molar-refractivity contribution is 7.99. The largest absolute Gasteiger partial charge is 0.480 e. The van der Waals surface area contributed by atoms with E-state index in [1.165, 1.54) is 0 Å². The van der Waals surface area contributed by atoms with Crippen LogP contribution in [-0.4, -0.2) is 49.1 Å². The van der Waals surface area contributed by atoms with Crippen LogP contribution in [0, 0.1) is 0 Å². The summed E-state index contributed by atoms with van der Waals surface area (Å²) in [5, 5.41) is 25.1. The summed E-state index contributed by atoms with van der Waals surface area (Å²) in [5.41, 5.74) is -0.848. The first-order valence-electron chi connectivity index (χ1n) is 7.46. The number of hydrogen-bond donors (Lipinski definition) is 2. The molecule has 1 aliphatic rings. The molecule has 1 aliphatic carbocycles. The lowest BCUT2D eigenvalue weighted by Gasteiger charge is -2.26. The van der Waals surface area contributed by atoms with Gasteiger partial charge in [0.15, 0.2) is 0 Å². The summed E-state index contributed by atoms with van der Waals surface area (Å²) < 4.78 is 1.89. The molecule has 0 amide bonds. The van der Waals surface area contributed by atoms with Crippen molar-refractivity contribution in [2.45, 2.75) is 62.7 Å². The normalized spacial score (nSPS) is 17.6. The number of nitrogens with zero attached hydrogens (tertiary/aromatic N) is 4. The summed E-state index contributed by atoms with van der Waals surface area (Å²) >= 11 is 1.60. The highest BCUT2D eigenvalue weighted by atomic mass is 32.2. The fourth-order valence-corrected chi connectivity index (χ4v) is 2.97. The number of carboxylic acid groups (broad SMARTS) is 1. The maximum atomic E-state index is 11.4. The molecule has 0 bridgehead atoms. The Morgan fingerprint density at radius 2 is 2.33 bits per heavy atom. The molecule has 2 rings (SSSR count). The minimum Gasteiger partial charge on any atom is -0.480 e. The first kappa shape index (κ1) is 16.2. The van der Waals surface area contributed by atoms with E-state index in [1.807, 2.05) is 11.6 Å². The summed E-state index contributed by atoms with van der Waals surface area (Å²) in [4.78, 5) is 11.4. The van der Waals surface area contributed by atoms with E-state index in [9.17, 15) is 9.90 Å². The molecule has 1 fully saturated rings. The van der Waals surface area contributed by atoms with Gasteiger partial charge in [-0.1, -0.05) is 18.7 Å². The molecular formula is C13H23N5O2S. The van der Waals surface area contributed by atoms with Gasteiger partial charge in [-0.25, -0.2) is 4.68 Å². The Balaban J connectivity index is 1.77. The van der Waals surface area contributed by atoms with Crippen molar-refractivity contribution in [3.8, 4) is 0 Å². The Morgan fingerprint density at radius 3 is 2.95 bits per heavy atom. The second kappa shape index (κ2) is 7.22. The number of carbonyl (C=O) groups is 1. The van der Waals surface area contributed by atoms with E-state index in [-0.39, 0.29) is 0 Å². The van der Waals surface area contributed by atoms with Crippen molar-refractivity contribution in [3.63, 3.8) is 0 Å². The second-order valence-corrected chi connectivity index (χ2v) is 6.72. The van der Waals surface area contributed by atoms with Crippen LogP contribution >= 0.6 is 11.8 Å². The van der Waals surface area contributed by atoms with Crippen molar-refractivity contribution >= 4 is 17.7 Å². The topological polar surface area (TPSA) is 92.9 Å². The molecular weight excluding hydrogens is 290 g/mol. The van der Waals surface area contributed by atoms with Crippen LogP contribution in [-0.2, 0) is 4.79 Å². The maximum Gasteiger partial charge on any atom is 0.323 e. The fraction of sp³-hybridized carbons (Fsp3) is 0.846. The zero-order valence-corrected chi connectivity index (χ0v) is 13.4. The molecule has 7 nitrogen and oxygen atoms in total. The van der Waals surface area contributed by atoms with Gasteiger partial charge in [0.25, 0.3) is 0 Å². The van der Waals surface area contributed by atoms with Crippen molar-refractivity contribution in [1.29, 1.82) is 0 Å². The Kier molecular flexibility index (Phi) is 5.58. The maximum absolute atomic E-state index is 11.4. The van der Waals surface area contributed by atoms with Gasteiger partial charge < -0.3 is 10.4 Å². The van der Waals surface area contributed by atoms with E-state index < -0.39 is 11.5 Å². The molecule has 118 valence electrons. The Labute approximate surface area is 128 Å². The lowest BCUT2D eigenvalue weighted by molar-refractivity contribution is -0.144. The van der Waals surface area contributed by atoms with E-state index in [0.29, 0.717) is 12.5 Å². The Bertz CT molecular complexity index is 477. The number of aromatic nitrogens is 4. The third-order valence-electron chi connectivity index (χ3n) is 3.64. The number of thioether (sulfide) groups is 1. The summed E-state index contributed by atoms with van der Waals surface area (Å²) in [7, 11) is 0. The van der Waals surface area contributed by atoms with E-state index in [4.69, 9.17) is 0 Å². The summed E-state index contributed by atoms with van der Waals surface area (Å²) in [5.74, 6) is 0.0350. The molecule has 0 aliphatic heterocycles. The number of tetrazole rings is 1. The number of hydrogen-bond acceptors (Lipinski definition) is 6. The molecule has 1 saturated carbocycles. The SMILES string of the molecule is CCCNC(C)(CCCSc1nnnn1C1CC1)C(=O)O. The summed E-state index contributed by atoms with van der Waals surface area (Å²) in [6.45, 7) is 4.50. The van der Waals surface area contributed by atoms with Crippen LogP contribution in [0.4, 0.5) is 0 Å². The molecule has 0 saturated heterocycles. The van der Waals surface area contributed by atoms with Crippen LogP contribution in [0.15, 0.2) is 5.16 Å². The van der Waals surface area contributed by atoms with Gasteiger partial charge in [-0.2, -0.15) is 0 Å². The highest BCUT2D eigenvalue weighted by Crippen LogP contribution is 2.36. The van der Waals surface area contributed by atoms with Gasteiger partial charge in [0.1, 0.15) is 5.54 Å². The molecule has 1 aromatic rings. The van der Waals surface area contributed by atoms with Gasteiger partial charge >= 0.3 is 5.97 Å². The molecule has 1 heterocycles. The summed E-state index contributed by atoms with van der Waals surface area (Å²) in [6.07, 6.45) is 4.63. The first-order valence-corrected chi connectivity index (χ1v) is 8.44. The lowest BCUT2D eigenvalue weighted by Crippen LogP contribution is -2.49. The number of rotatable bonds is 10. The fourth-order valence-electron chi connectivity index (χ4n) is 2.09. The second-order valence-electron chi connectivity index (χ2n) is 5.65. The molecule has 0 radical (unpaired) electrons. The molecule has 0 aromatic carbocycles. The van der Waals surface area contributed by atoms with Crippen molar-refractivity contribution in [2.24, 2.45) is 0 Å². The first-order chi connectivity index (χ1) is 10.1. The van der Waals surface area contributed by atoms with Crippen molar-refractivity contribution < 1.29 is 9.90 Å². The quantitative estimate of drug-likeness (QED) is 0.502. The van der Waals surface area contributed by atoms with Gasteiger partial charge in [-0.05, 0) is 56.0 Å². The van der Waals surface area contributed by atoms with Crippen LogP contribution < -0.4 is 5.32 Å². The van der Waals surface area contributed by atoms with Gasteiger partial charge in [0.2, 0.25) is 5.16 Å². The lowest BCUT2D eigenvalue weighted by atomic mass is 9.96. The third-order valence-corrected chi connectivity index (χ3v) is 4.66. The van der Waals surface area contributed by atoms with Gasteiger partial charge in [-0.3, -0.25) is 4.79 Å². The molecule has 21 heavy (non-hydrogen) atoms. The smallest absolute Gasteiger partial charge is 0.323 e. The molecule has 1 atom stereocenters. The molecule has 1 unspecified atom stereocenters. The Morgan fingerprint density at radius 1 is 1.57 bits per heavy atom. The third kappa shape index (κ3) is 4.41. The average molecular weight is 313 g/mol. The zero-order valence-electron chi connectivity index (χ0n) is 12.6. The van der Waals surface area contributed by atoms with Gasteiger partial charge in [0, 0.05) is 5.75 Å². The van der Waals surface area contributed by atoms with Crippen molar-refractivity contribution in [1.82, 2.24) is 25.5 Å². The number of carboxylic acids is 1. The van der Waals surface area contributed by atoms with Crippen LogP contribution in [0.5, 0.6) is 0 Å². The van der Waals surface area contributed by atoms with Gasteiger partial charge in [0.05, 0.1) is 6.04 Å². The predicted octanol–water partition coefficient (Wildman–Crippen LogP) is 1.72. The highest BCUT2D eigenvalue weighted by Gasteiger charge is 2.32. The molecule has 0 spiro atoms. The zero-order chi connectivity index (χ0) is 15.3. The minimum atomic E-state index is -0.848. The van der Waals surface area contributed by atoms with E-state index >= 15 is 0 Å². The minimum absolute atomic E-state index is 0.470. The molecule has 8 heteroatoms. The number of aliphatic carboxylic acids is 1. The van der Waals surface area contributed by atoms with Crippen molar-refractivity contribution in [3.05, 3.63) is 0 Å². The molecule has 2 N–H and O–H groups in total. The predicted molar refractivity (Wildman–Crippen MR) is 80.4 cm³/mol. The Hall–Kier alpha value is -1.15. The molecule has 1 aromatic heterocycles. The number of nitrogens with one attached hydrogen (secondary N) is 1. The monoisotopic (exact) mass is 313 g/mol. The standard InChI is InChI=1S/C13H23N5O2S/c1-3-8-14-13(2,11(19)20)7-4-9-21-12-15-16-17-18(12)10-5-6-10/h10,14H,3-9H2,1-2H3,(H,19,20).